The summed E-state index contributed by atoms with van der Waals surface area (Å²) in [5.74, 6) is 2.09. The van der Waals surface area contributed by atoms with Crippen molar-refractivity contribution in [3.63, 3.8) is 0 Å². The van der Waals surface area contributed by atoms with E-state index in [0.29, 0.717) is 28.8 Å². The third-order valence-corrected chi connectivity index (χ3v) is 4.23. The van der Waals surface area contributed by atoms with Crippen LogP contribution in [0, 0.1) is 6.92 Å². The molecule has 31 heavy (non-hydrogen) atoms. The maximum absolute atomic E-state index is 12.0. The molecule has 3 amide bonds. The first kappa shape index (κ1) is 21.6. The standard InChI is InChI=1S/C23H24N4O4/c1-16-7-12-21(25-15-16)27-22(28)13-14-24-23(29)26-17-8-10-18(11-9-17)31-20-6-4-3-5-19(20)30-2/h3-12,15H,13-14H2,1-2H3,(H2,24,26,29)(H,25,27,28). The Kier molecular flexibility index (Phi) is 7.42. The van der Waals surface area contributed by atoms with Gasteiger partial charge in [-0.2, -0.15) is 0 Å². The normalized spacial score (nSPS) is 10.1. The number of hydrogen-bond acceptors (Lipinski definition) is 5. The second-order valence-electron chi connectivity index (χ2n) is 6.68. The number of aromatic nitrogens is 1. The molecule has 1 aromatic heterocycles. The molecule has 0 bridgehead atoms. The van der Waals surface area contributed by atoms with Crippen LogP contribution in [0.5, 0.6) is 17.2 Å². The Morgan fingerprint density at radius 1 is 0.935 bits per heavy atom. The predicted octanol–water partition coefficient (Wildman–Crippen LogP) is 4.34. The van der Waals surface area contributed by atoms with Crippen molar-refractivity contribution in [2.24, 2.45) is 0 Å². The highest BCUT2D eigenvalue weighted by molar-refractivity contribution is 5.91. The first-order valence-corrected chi connectivity index (χ1v) is 9.72. The number of methoxy groups -OCH3 is 1. The first-order chi connectivity index (χ1) is 15.0. The molecular formula is C23H24N4O4. The van der Waals surface area contributed by atoms with E-state index >= 15 is 0 Å². The lowest BCUT2D eigenvalue weighted by atomic mass is 10.3. The Hall–Kier alpha value is -4.07. The number of nitrogens with zero attached hydrogens (tertiary/aromatic N) is 1. The van der Waals surface area contributed by atoms with Crippen molar-refractivity contribution in [3.8, 4) is 17.2 Å². The molecule has 1 heterocycles. The third-order valence-electron chi connectivity index (χ3n) is 4.23. The van der Waals surface area contributed by atoms with Gasteiger partial charge in [0, 0.05) is 24.8 Å². The topological polar surface area (TPSA) is 102 Å². The molecule has 8 nitrogen and oxygen atoms in total. The number of nitrogens with one attached hydrogen (secondary N) is 3. The molecule has 0 atom stereocenters. The lowest BCUT2D eigenvalue weighted by molar-refractivity contribution is -0.116. The summed E-state index contributed by atoms with van der Waals surface area (Å²) >= 11 is 0. The van der Waals surface area contributed by atoms with Gasteiger partial charge in [0.2, 0.25) is 5.91 Å². The summed E-state index contributed by atoms with van der Waals surface area (Å²) in [5.41, 5.74) is 1.61. The van der Waals surface area contributed by atoms with E-state index in [9.17, 15) is 9.59 Å². The SMILES string of the molecule is COc1ccccc1Oc1ccc(NC(=O)NCCC(=O)Nc2ccc(C)cn2)cc1. The van der Waals surface area contributed by atoms with Crippen LogP contribution in [-0.2, 0) is 4.79 Å². The first-order valence-electron chi connectivity index (χ1n) is 9.72. The summed E-state index contributed by atoms with van der Waals surface area (Å²) in [5, 5.41) is 8.04. The van der Waals surface area contributed by atoms with E-state index in [1.165, 1.54) is 0 Å². The number of anilines is 2. The van der Waals surface area contributed by atoms with Crippen molar-refractivity contribution in [3.05, 3.63) is 72.4 Å². The molecule has 8 heteroatoms. The number of benzene rings is 2. The van der Waals surface area contributed by atoms with Crippen molar-refractivity contribution in [1.29, 1.82) is 0 Å². The summed E-state index contributed by atoms with van der Waals surface area (Å²) in [6, 6.07) is 17.5. The average molecular weight is 420 g/mol. The number of carbonyl (C=O) groups is 2. The van der Waals surface area contributed by atoms with Gasteiger partial charge >= 0.3 is 6.03 Å². The molecule has 0 aliphatic carbocycles. The molecule has 160 valence electrons. The molecule has 2 aromatic carbocycles. The van der Waals surface area contributed by atoms with E-state index < -0.39 is 6.03 Å². The van der Waals surface area contributed by atoms with Crippen LogP contribution in [0.25, 0.3) is 0 Å². The lowest BCUT2D eigenvalue weighted by Gasteiger charge is -2.11. The molecule has 0 fully saturated rings. The van der Waals surface area contributed by atoms with Gasteiger partial charge in [0.1, 0.15) is 11.6 Å². The fourth-order valence-corrected chi connectivity index (χ4v) is 2.65. The van der Waals surface area contributed by atoms with Crippen LogP contribution in [-0.4, -0.2) is 30.6 Å². The van der Waals surface area contributed by atoms with Gasteiger partial charge in [-0.05, 0) is 55.0 Å². The summed E-state index contributed by atoms with van der Waals surface area (Å²) in [6.07, 6.45) is 1.81. The summed E-state index contributed by atoms with van der Waals surface area (Å²) in [7, 11) is 1.58. The Morgan fingerprint density at radius 2 is 1.68 bits per heavy atom. The smallest absolute Gasteiger partial charge is 0.319 e. The predicted molar refractivity (Wildman–Crippen MR) is 119 cm³/mol. The molecule has 0 radical (unpaired) electrons. The van der Waals surface area contributed by atoms with E-state index in [0.717, 1.165) is 5.56 Å². The molecule has 3 N–H and O–H groups in total. The number of aryl methyl sites for hydroxylation is 1. The number of urea groups is 1. The number of carbonyl (C=O) groups excluding carboxylic acids is 2. The van der Waals surface area contributed by atoms with Crippen LogP contribution in [0.2, 0.25) is 0 Å². The largest absolute Gasteiger partial charge is 0.493 e. The Bertz CT molecular complexity index is 1020. The number of ether oxygens (including phenoxy) is 2. The quantitative estimate of drug-likeness (QED) is 0.503. The van der Waals surface area contributed by atoms with E-state index in [-0.39, 0.29) is 18.9 Å². The molecule has 0 aliphatic heterocycles. The zero-order valence-corrected chi connectivity index (χ0v) is 17.3. The van der Waals surface area contributed by atoms with Crippen molar-refractivity contribution >= 4 is 23.4 Å². The van der Waals surface area contributed by atoms with Gasteiger partial charge in [-0.15, -0.1) is 0 Å². The zero-order valence-electron chi connectivity index (χ0n) is 17.3. The second kappa shape index (κ2) is 10.6. The molecule has 0 spiro atoms. The highest BCUT2D eigenvalue weighted by atomic mass is 16.5. The van der Waals surface area contributed by atoms with Gasteiger partial charge < -0.3 is 25.4 Å². The van der Waals surface area contributed by atoms with Crippen LogP contribution in [0.1, 0.15) is 12.0 Å². The van der Waals surface area contributed by atoms with Crippen molar-refractivity contribution in [2.75, 3.05) is 24.3 Å². The fourth-order valence-electron chi connectivity index (χ4n) is 2.65. The molecule has 0 aliphatic rings. The fraction of sp³-hybridized carbons (Fsp3) is 0.174. The van der Waals surface area contributed by atoms with E-state index in [1.807, 2.05) is 37.3 Å². The summed E-state index contributed by atoms with van der Waals surface area (Å²) in [6.45, 7) is 2.11. The molecule has 0 saturated carbocycles. The number of hydrogen-bond donors (Lipinski definition) is 3. The monoisotopic (exact) mass is 420 g/mol. The van der Waals surface area contributed by atoms with Gasteiger partial charge in [-0.1, -0.05) is 18.2 Å². The second-order valence-corrected chi connectivity index (χ2v) is 6.68. The van der Waals surface area contributed by atoms with Gasteiger partial charge in [0.15, 0.2) is 11.5 Å². The van der Waals surface area contributed by atoms with Crippen LogP contribution in [0.3, 0.4) is 0 Å². The summed E-state index contributed by atoms with van der Waals surface area (Å²) in [4.78, 5) is 28.1. The van der Waals surface area contributed by atoms with Crippen molar-refractivity contribution < 1.29 is 19.1 Å². The Morgan fingerprint density at radius 3 is 2.35 bits per heavy atom. The van der Waals surface area contributed by atoms with Gasteiger partial charge in [0.05, 0.1) is 7.11 Å². The average Bonchev–Trinajstić information content (AvgIpc) is 2.77. The van der Waals surface area contributed by atoms with Crippen molar-refractivity contribution in [2.45, 2.75) is 13.3 Å². The number of amides is 3. The molecular weight excluding hydrogens is 396 g/mol. The molecule has 0 unspecified atom stereocenters. The van der Waals surface area contributed by atoms with Crippen LogP contribution >= 0.6 is 0 Å². The minimum atomic E-state index is -0.403. The molecule has 3 aromatic rings. The van der Waals surface area contributed by atoms with Crippen LogP contribution in [0.15, 0.2) is 66.9 Å². The van der Waals surface area contributed by atoms with E-state index in [4.69, 9.17) is 9.47 Å². The maximum atomic E-state index is 12.0. The van der Waals surface area contributed by atoms with Gasteiger partial charge in [-0.3, -0.25) is 4.79 Å². The molecule has 3 rings (SSSR count). The van der Waals surface area contributed by atoms with Crippen LogP contribution < -0.4 is 25.4 Å². The number of rotatable bonds is 8. The minimum Gasteiger partial charge on any atom is -0.493 e. The Balaban J connectivity index is 1.42. The van der Waals surface area contributed by atoms with E-state index in [2.05, 4.69) is 20.9 Å². The number of pyridine rings is 1. The highest BCUT2D eigenvalue weighted by Crippen LogP contribution is 2.31. The maximum Gasteiger partial charge on any atom is 0.319 e. The highest BCUT2D eigenvalue weighted by Gasteiger charge is 2.07. The lowest BCUT2D eigenvalue weighted by Crippen LogP contribution is -2.31. The van der Waals surface area contributed by atoms with Crippen molar-refractivity contribution in [1.82, 2.24) is 10.3 Å². The number of para-hydroxylation sites is 2. The summed E-state index contributed by atoms with van der Waals surface area (Å²) < 4.78 is 11.1. The van der Waals surface area contributed by atoms with Gasteiger partial charge in [0.25, 0.3) is 0 Å². The van der Waals surface area contributed by atoms with Crippen LogP contribution in [0.4, 0.5) is 16.3 Å². The zero-order chi connectivity index (χ0) is 22.1. The van der Waals surface area contributed by atoms with Gasteiger partial charge in [-0.25, -0.2) is 9.78 Å². The third kappa shape index (κ3) is 6.74. The Labute approximate surface area is 180 Å². The minimum absolute atomic E-state index is 0.134. The van der Waals surface area contributed by atoms with E-state index in [1.54, 1.807) is 43.6 Å². The molecule has 0 saturated heterocycles.